The molecular weight excluding hydrogens is 334 g/mol. The Bertz CT molecular complexity index is 1050. The van der Waals surface area contributed by atoms with Gasteiger partial charge in [0.2, 0.25) is 0 Å². The molecule has 0 saturated carbocycles. The molecule has 4 rings (SSSR count). The topological polar surface area (TPSA) is 27.1 Å². The van der Waals surface area contributed by atoms with E-state index in [1.807, 2.05) is 47.0 Å². The predicted octanol–water partition coefficient (Wildman–Crippen LogP) is 5.04. The minimum Gasteiger partial charge on any atom is -0.494 e. The Morgan fingerprint density at radius 1 is 0.885 bits per heavy atom. The molecule has 5 heteroatoms. The SMILES string of the molecule is COc1cccc2c1nc(-c1c(F)cccc1F)n2Cc1ccccc1. The van der Waals surface area contributed by atoms with Gasteiger partial charge in [0, 0.05) is 6.54 Å². The van der Waals surface area contributed by atoms with E-state index in [0.29, 0.717) is 17.8 Å². The summed E-state index contributed by atoms with van der Waals surface area (Å²) in [6.45, 7) is 0.438. The Hall–Kier alpha value is -3.21. The summed E-state index contributed by atoms with van der Waals surface area (Å²) < 4.78 is 36.1. The van der Waals surface area contributed by atoms with Crippen LogP contribution < -0.4 is 4.74 Å². The van der Waals surface area contributed by atoms with Crippen molar-refractivity contribution in [3.05, 3.63) is 83.9 Å². The summed E-state index contributed by atoms with van der Waals surface area (Å²) in [4.78, 5) is 4.53. The molecule has 3 aromatic carbocycles. The summed E-state index contributed by atoms with van der Waals surface area (Å²) in [6.07, 6.45) is 0. The summed E-state index contributed by atoms with van der Waals surface area (Å²) in [5.74, 6) is -0.488. The molecule has 0 saturated heterocycles. The van der Waals surface area contributed by atoms with Gasteiger partial charge in [-0.3, -0.25) is 0 Å². The number of fused-ring (bicyclic) bond motifs is 1. The summed E-state index contributed by atoms with van der Waals surface area (Å²) in [5.41, 5.74) is 2.20. The van der Waals surface area contributed by atoms with Crippen molar-refractivity contribution in [2.24, 2.45) is 0 Å². The first-order chi connectivity index (χ1) is 12.7. The van der Waals surface area contributed by atoms with E-state index >= 15 is 0 Å². The molecule has 4 aromatic rings. The number of rotatable bonds is 4. The molecule has 0 fully saturated rings. The third-order valence-electron chi connectivity index (χ3n) is 4.33. The lowest BCUT2D eigenvalue weighted by Gasteiger charge is -2.11. The molecule has 0 spiro atoms. The predicted molar refractivity (Wildman–Crippen MR) is 97.2 cm³/mol. The van der Waals surface area contributed by atoms with Crippen molar-refractivity contribution in [1.82, 2.24) is 9.55 Å². The molecule has 0 aliphatic heterocycles. The third-order valence-corrected chi connectivity index (χ3v) is 4.33. The second kappa shape index (κ2) is 6.59. The van der Waals surface area contributed by atoms with Crippen molar-refractivity contribution in [2.45, 2.75) is 6.54 Å². The summed E-state index contributed by atoms with van der Waals surface area (Å²) >= 11 is 0. The van der Waals surface area contributed by atoms with Gasteiger partial charge in [-0.15, -0.1) is 0 Å². The van der Waals surface area contributed by atoms with Crippen LogP contribution in [0.1, 0.15) is 5.56 Å². The molecule has 0 radical (unpaired) electrons. The average molecular weight is 350 g/mol. The first-order valence-electron chi connectivity index (χ1n) is 8.20. The van der Waals surface area contributed by atoms with Gasteiger partial charge in [0.1, 0.15) is 28.7 Å². The maximum Gasteiger partial charge on any atom is 0.147 e. The zero-order chi connectivity index (χ0) is 18.1. The highest BCUT2D eigenvalue weighted by molar-refractivity contribution is 5.86. The van der Waals surface area contributed by atoms with Crippen LogP contribution in [-0.4, -0.2) is 16.7 Å². The van der Waals surface area contributed by atoms with Crippen LogP contribution in [0.2, 0.25) is 0 Å². The van der Waals surface area contributed by atoms with Gasteiger partial charge < -0.3 is 9.30 Å². The number of ether oxygens (including phenoxy) is 1. The second-order valence-corrected chi connectivity index (χ2v) is 5.93. The van der Waals surface area contributed by atoms with E-state index in [2.05, 4.69) is 4.98 Å². The van der Waals surface area contributed by atoms with Crippen LogP contribution in [0.3, 0.4) is 0 Å². The van der Waals surface area contributed by atoms with Crippen LogP contribution in [0.4, 0.5) is 8.78 Å². The van der Waals surface area contributed by atoms with Crippen molar-refractivity contribution in [1.29, 1.82) is 0 Å². The third kappa shape index (κ3) is 2.71. The number of hydrogen-bond acceptors (Lipinski definition) is 2. The largest absolute Gasteiger partial charge is 0.494 e. The number of methoxy groups -OCH3 is 1. The van der Waals surface area contributed by atoms with Gasteiger partial charge in [0.15, 0.2) is 0 Å². The molecule has 0 atom stereocenters. The minimum absolute atomic E-state index is 0.137. The van der Waals surface area contributed by atoms with Crippen LogP contribution in [0.25, 0.3) is 22.4 Å². The van der Waals surface area contributed by atoms with Gasteiger partial charge >= 0.3 is 0 Å². The highest BCUT2D eigenvalue weighted by Gasteiger charge is 2.21. The number of para-hydroxylation sites is 1. The van der Waals surface area contributed by atoms with Crippen LogP contribution >= 0.6 is 0 Å². The zero-order valence-corrected chi connectivity index (χ0v) is 14.1. The molecule has 0 aliphatic carbocycles. The molecule has 0 N–H and O–H groups in total. The lowest BCUT2D eigenvalue weighted by molar-refractivity contribution is 0.419. The molecule has 0 aliphatic rings. The molecule has 130 valence electrons. The van der Waals surface area contributed by atoms with Crippen LogP contribution in [0.5, 0.6) is 5.75 Å². The molecule has 0 bridgehead atoms. The number of imidazole rings is 1. The lowest BCUT2D eigenvalue weighted by atomic mass is 10.1. The van der Waals surface area contributed by atoms with E-state index in [1.165, 1.54) is 18.2 Å². The zero-order valence-electron chi connectivity index (χ0n) is 14.1. The molecule has 3 nitrogen and oxygen atoms in total. The van der Waals surface area contributed by atoms with Crippen molar-refractivity contribution >= 4 is 11.0 Å². The fourth-order valence-corrected chi connectivity index (χ4v) is 3.11. The van der Waals surface area contributed by atoms with E-state index in [4.69, 9.17) is 4.74 Å². The van der Waals surface area contributed by atoms with Crippen molar-refractivity contribution in [3.8, 4) is 17.1 Å². The first kappa shape index (κ1) is 16.3. The van der Waals surface area contributed by atoms with E-state index in [-0.39, 0.29) is 11.4 Å². The van der Waals surface area contributed by atoms with E-state index in [1.54, 1.807) is 13.2 Å². The fraction of sp³-hybridized carbons (Fsp3) is 0.0952. The number of benzene rings is 3. The van der Waals surface area contributed by atoms with Crippen LogP contribution in [-0.2, 0) is 6.54 Å². The van der Waals surface area contributed by atoms with Crippen LogP contribution in [0, 0.1) is 11.6 Å². The standard InChI is InChI=1S/C21H16F2N2O/c1-26-18-12-6-11-17-20(18)24-21(19-15(22)9-5-10-16(19)23)25(17)13-14-7-3-2-4-8-14/h2-12H,13H2,1H3. The van der Waals surface area contributed by atoms with Crippen molar-refractivity contribution in [3.63, 3.8) is 0 Å². The molecular formula is C21H16F2N2O. The number of nitrogens with zero attached hydrogens (tertiary/aromatic N) is 2. The Kier molecular flexibility index (Phi) is 4.13. The smallest absolute Gasteiger partial charge is 0.147 e. The quantitative estimate of drug-likeness (QED) is 0.516. The maximum absolute atomic E-state index is 14.4. The average Bonchev–Trinajstić information content (AvgIpc) is 3.01. The van der Waals surface area contributed by atoms with E-state index in [0.717, 1.165) is 11.1 Å². The van der Waals surface area contributed by atoms with Gasteiger partial charge in [0.25, 0.3) is 0 Å². The summed E-state index contributed by atoms with van der Waals surface area (Å²) in [5, 5.41) is 0. The molecule has 0 amide bonds. The molecule has 1 aromatic heterocycles. The van der Waals surface area contributed by atoms with Gasteiger partial charge in [-0.05, 0) is 29.8 Å². The monoisotopic (exact) mass is 350 g/mol. The highest BCUT2D eigenvalue weighted by atomic mass is 19.1. The summed E-state index contributed by atoms with van der Waals surface area (Å²) in [6, 6.07) is 19.0. The normalized spacial score (nSPS) is 11.0. The number of aromatic nitrogens is 2. The van der Waals surface area contributed by atoms with Gasteiger partial charge in [-0.25, -0.2) is 13.8 Å². The second-order valence-electron chi connectivity index (χ2n) is 5.93. The van der Waals surface area contributed by atoms with E-state index < -0.39 is 11.6 Å². The summed E-state index contributed by atoms with van der Waals surface area (Å²) in [7, 11) is 1.55. The maximum atomic E-state index is 14.4. The van der Waals surface area contributed by atoms with Crippen LogP contribution in [0.15, 0.2) is 66.7 Å². The highest BCUT2D eigenvalue weighted by Crippen LogP contribution is 2.33. The fourth-order valence-electron chi connectivity index (χ4n) is 3.11. The van der Waals surface area contributed by atoms with Gasteiger partial charge in [-0.1, -0.05) is 42.5 Å². The Labute approximate surface area is 149 Å². The minimum atomic E-state index is -0.645. The number of halogens is 2. The lowest BCUT2D eigenvalue weighted by Crippen LogP contribution is -2.04. The van der Waals surface area contributed by atoms with Gasteiger partial charge in [0.05, 0.1) is 18.2 Å². The number of hydrogen-bond donors (Lipinski definition) is 0. The Morgan fingerprint density at radius 3 is 2.27 bits per heavy atom. The van der Waals surface area contributed by atoms with Gasteiger partial charge in [-0.2, -0.15) is 0 Å². The Balaban J connectivity index is 2.01. The molecule has 1 heterocycles. The first-order valence-corrected chi connectivity index (χ1v) is 8.20. The van der Waals surface area contributed by atoms with Crippen molar-refractivity contribution in [2.75, 3.05) is 7.11 Å². The van der Waals surface area contributed by atoms with E-state index in [9.17, 15) is 8.78 Å². The Morgan fingerprint density at radius 2 is 1.58 bits per heavy atom. The molecule has 26 heavy (non-hydrogen) atoms. The van der Waals surface area contributed by atoms with Crippen molar-refractivity contribution < 1.29 is 13.5 Å². The molecule has 0 unspecified atom stereocenters.